The molecule has 33 heavy (non-hydrogen) atoms. The Morgan fingerprint density at radius 2 is 1.48 bits per heavy atom. The lowest BCUT2D eigenvalue weighted by atomic mass is 9.60. The first-order valence-corrected chi connectivity index (χ1v) is 13.8. The quantitative estimate of drug-likeness (QED) is 0.343. The van der Waals surface area contributed by atoms with Gasteiger partial charge in [0.2, 0.25) is 0 Å². The highest BCUT2D eigenvalue weighted by atomic mass is 19.2. The summed E-state index contributed by atoms with van der Waals surface area (Å²) in [5, 5.41) is 0. The largest absolute Gasteiger partial charge is 0.203 e. The highest BCUT2D eigenvalue weighted by molar-refractivity contribution is 5.30. The molecule has 0 heterocycles. The molecule has 4 unspecified atom stereocenters. The van der Waals surface area contributed by atoms with Gasteiger partial charge >= 0.3 is 0 Å². The number of hydrogen-bond acceptors (Lipinski definition) is 0. The third kappa shape index (κ3) is 5.98. The molecule has 0 aromatic heterocycles. The van der Waals surface area contributed by atoms with Crippen molar-refractivity contribution in [3.8, 4) is 0 Å². The normalized spacial score (nSPS) is 32.6. The molecule has 182 valence electrons. The predicted octanol–water partition coefficient (Wildman–Crippen LogP) is 9.55. The number of benzene rings is 1. The molecule has 1 aromatic carbocycles. The van der Waals surface area contributed by atoms with Crippen LogP contribution in [0.2, 0.25) is 0 Å². The second-order valence-electron chi connectivity index (χ2n) is 11.3. The molecule has 0 saturated heterocycles. The van der Waals surface area contributed by atoms with Gasteiger partial charge in [-0.3, -0.25) is 0 Å². The van der Waals surface area contributed by atoms with Gasteiger partial charge in [0.15, 0.2) is 11.6 Å². The molecule has 0 amide bonds. The first kappa shape index (κ1) is 24.7. The highest BCUT2D eigenvalue weighted by Crippen LogP contribution is 2.51. The summed E-state index contributed by atoms with van der Waals surface area (Å²) in [7, 11) is 0. The molecule has 1 aromatic rings. The van der Waals surface area contributed by atoms with Gasteiger partial charge < -0.3 is 0 Å². The van der Waals surface area contributed by atoms with E-state index in [9.17, 15) is 8.78 Å². The molecular formula is C31H44F2. The molecule has 4 rings (SSSR count). The number of allylic oxidation sites excluding steroid dienone is 3. The molecule has 0 spiro atoms. The minimum Gasteiger partial charge on any atom is -0.203 e. The van der Waals surface area contributed by atoms with Crippen LogP contribution in [-0.4, -0.2) is 0 Å². The number of aryl methyl sites for hydroxylation is 1. The topological polar surface area (TPSA) is 0 Å². The zero-order chi connectivity index (χ0) is 23.2. The highest BCUT2D eigenvalue weighted by Gasteiger charge is 2.39. The van der Waals surface area contributed by atoms with Crippen LogP contribution < -0.4 is 0 Å². The lowest BCUT2D eigenvalue weighted by molar-refractivity contribution is 0.0708. The Morgan fingerprint density at radius 1 is 0.818 bits per heavy atom. The van der Waals surface area contributed by atoms with Gasteiger partial charge in [-0.1, -0.05) is 43.2 Å². The molecule has 4 atom stereocenters. The van der Waals surface area contributed by atoms with Gasteiger partial charge in [-0.25, -0.2) is 8.78 Å². The van der Waals surface area contributed by atoms with Gasteiger partial charge in [0.1, 0.15) is 0 Å². The monoisotopic (exact) mass is 454 g/mol. The number of halogens is 2. The van der Waals surface area contributed by atoms with Crippen molar-refractivity contribution in [2.75, 3.05) is 0 Å². The first-order chi connectivity index (χ1) is 16.1. The van der Waals surface area contributed by atoms with E-state index < -0.39 is 11.6 Å². The average molecular weight is 455 g/mol. The van der Waals surface area contributed by atoms with E-state index in [2.05, 4.69) is 12.7 Å². The Morgan fingerprint density at radius 3 is 2.21 bits per heavy atom. The number of hydrogen-bond donors (Lipinski definition) is 0. The average Bonchev–Trinajstić information content (AvgIpc) is 2.85. The third-order valence-electron chi connectivity index (χ3n) is 9.44. The summed E-state index contributed by atoms with van der Waals surface area (Å²) < 4.78 is 29.7. The summed E-state index contributed by atoms with van der Waals surface area (Å²) in [4.78, 5) is 0. The van der Waals surface area contributed by atoms with E-state index in [0.29, 0.717) is 23.5 Å². The van der Waals surface area contributed by atoms with Gasteiger partial charge in [-0.15, -0.1) is 6.58 Å². The van der Waals surface area contributed by atoms with Crippen LogP contribution in [0.1, 0.15) is 107 Å². The van der Waals surface area contributed by atoms with E-state index in [0.717, 1.165) is 42.9 Å². The lowest BCUT2D eigenvalue weighted by Gasteiger charge is -2.45. The lowest BCUT2D eigenvalue weighted by Crippen LogP contribution is -2.34. The minimum absolute atomic E-state index is 0.196. The second-order valence-corrected chi connectivity index (χ2v) is 11.3. The molecule has 3 saturated carbocycles. The zero-order valence-electron chi connectivity index (χ0n) is 20.7. The van der Waals surface area contributed by atoms with E-state index in [1.807, 2.05) is 31.2 Å². The molecule has 3 fully saturated rings. The van der Waals surface area contributed by atoms with Gasteiger partial charge in [-0.05, 0) is 131 Å². The molecule has 3 aliphatic carbocycles. The van der Waals surface area contributed by atoms with E-state index in [1.54, 1.807) is 0 Å². The van der Waals surface area contributed by atoms with Crippen LogP contribution in [0.15, 0.2) is 36.9 Å². The Labute approximate surface area is 200 Å². The van der Waals surface area contributed by atoms with E-state index in [4.69, 9.17) is 0 Å². The first-order valence-electron chi connectivity index (χ1n) is 13.8. The van der Waals surface area contributed by atoms with Crippen LogP contribution in [-0.2, 0) is 6.42 Å². The van der Waals surface area contributed by atoms with Crippen molar-refractivity contribution in [2.24, 2.45) is 29.6 Å². The molecular weight excluding hydrogens is 410 g/mol. The van der Waals surface area contributed by atoms with Crippen LogP contribution in [0.25, 0.3) is 0 Å². The number of rotatable bonds is 8. The summed E-state index contributed by atoms with van der Waals surface area (Å²) in [5.41, 5.74) is 1.16. The second kappa shape index (κ2) is 11.8. The summed E-state index contributed by atoms with van der Waals surface area (Å²) in [6.07, 6.45) is 22.9. The van der Waals surface area contributed by atoms with Gasteiger partial charge in [0.05, 0.1) is 0 Å². The predicted molar refractivity (Wildman–Crippen MR) is 135 cm³/mol. The van der Waals surface area contributed by atoms with Gasteiger partial charge in [0, 0.05) is 0 Å². The van der Waals surface area contributed by atoms with E-state index in [1.165, 1.54) is 64.2 Å². The fraction of sp³-hybridized carbons (Fsp3) is 0.677. The molecule has 3 aliphatic rings. The van der Waals surface area contributed by atoms with Gasteiger partial charge in [0.25, 0.3) is 0 Å². The standard InChI is InChI=1S/C31H44F2/c1-3-5-7-9-24-18-19-29(31(33)30(24)32)28-17-16-26-20-25(14-15-27(26)21-28)23-12-10-22(11-13-23)8-6-4-2/h3-5,18-19,22-23,25-28H,2,6-17,20-21H2,1H3/b5-3+. The Kier molecular flexibility index (Phi) is 8.83. The van der Waals surface area contributed by atoms with Crippen LogP contribution >= 0.6 is 0 Å². The van der Waals surface area contributed by atoms with Crippen molar-refractivity contribution >= 4 is 0 Å². The third-order valence-corrected chi connectivity index (χ3v) is 9.44. The van der Waals surface area contributed by atoms with Crippen molar-refractivity contribution in [3.63, 3.8) is 0 Å². The van der Waals surface area contributed by atoms with Crippen LogP contribution in [0.4, 0.5) is 8.78 Å². The molecule has 0 N–H and O–H groups in total. The van der Waals surface area contributed by atoms with Crippen LogP contribution in [0.5, 0.6) is 0 Å². The fourth-order valence-electron chi connectivity index (χ4n) is 7.46. The van der Waals surface area contributed by atoms with Crippen LogP contribution in [0, 0.1) is 41.2 Å². The van der Waals surface area contributed by atoms with Crippen molar-refractivity contribution < 1.29 is 8.78 Å². The molecule has 0 radical (unpaired) electrons. The number of fused-ring (bicyclic) bond motifs is 1. The summed E-state index contributed by atoms with van der Waals surface area (Å²) >= 11 is 0. The molecule has 0 aliphatic heterocycles. The van der Waals surface area contributed by atoms with Crippen molar-refractivity contribution in [1.82, 2.24) is 0 Å². The zero-order valence-corrected chi connectivity index (χ0v) is 20.7. The Balaban J connectivity index is 1.30. The summed E-state index contributed by atoms with van der Waals surface area (Å²) in [6, 6.07) is 3.73. The Bertz CT molecular complexity index is 801. The summed E-state index contributed by atoms with van der Waals surface area (Å²) in [6.45, 7) is 5.84. The fourth-order valence-corrected chi connectivity index (χ4v) is 7.46. The maximum atomic E-state index is 15.0. The Hall–Kier alpha value is -1.44. The van der Waals surface area contributed by atoms with E-state index in [-0.39, 0.29) is 5.92 Å². The van der Waals surface area contributed by atoms with Crippen molar-refractivity contribution in [3.05, 3.63) is 59.7 Å². The van der Waals surface area contributed by atoms with Crippen LogP contribution in [0.3, 0.4) is 0 Å². The summed E-state index contributed by atoms with van der Waals surface area (Å²) in [5.74, 6) is 3.31. The smallest absolute Gasteiger partial charge is 0.162 e. The van der Waals surface area contributed by atoms with Crippen molar-refractivity contribution in [1.29, 1.82) is 0 Å². The maximum Gasteiger partial charge on any atom is 0.162 e. The molecule has 0 bridgehead atoms. The van der Waals surface area contributed by atoms with Gasteiger partial charge in [-0.2, -0.15) is 0 Å². The molecule has 0 nitrogen and oxygen atoms in total. The van der Waals surface area contributed by atoms with Crippen molar-refractivity contribution in [2.45, 2.75) is 103 Å². The molecule has 2 heteroatoms. The SMILES string of the molecule is C=CCCC1CCC(C2CCC3CC(c4ccc(CC/C=C/C)c(F)c4F)CCC3C2)CC1. The van der Waals surface area contributed by atoms with E-state index >= 15 is 0 Å². The maximum absolute atomic E-state index is 15.0. The minimum atomic E-state index is -0.605.